The lowest BCUT2D eigenvalue weighted by molar-refractivity contribution is -0.134. The first-order chi connectivity index (χ1) is 25.8. The van der Waals surface area contributed by atoms with Crippen LogP contribution in [0.3, 0.4) is 0 Å². The minimum Gasteiger partial charge on any atom is -0.370 e. The standard InChI is InChI=1S/C32H53F3N12O7S/c1-2-3-13-21(43-25(48)20-11-5-4-6-12-20)26(49)44-22(14-7-8-17-36)27(50)45-23(15-9-18-41-30(37)38)28(51)46-24(16-10-19-42-31(39)40)29(52)47-55(53,54)32(33,34)35/h4-6,11-12,21-24H,2-3,7-10,13-19,36H2,1H3,(H,43,48)(H,44,49)(H,45,50)(H,46,51)(H,47,52)(H4,37,38,41)(H4,39,40,42)/t21-,22-,23-,24-/m0/s1. The number of rotatable bonds is 25. The highest BCUT2D eigenvalue weighted by molar-refractivity contribution is 7.90. The van der Waals surface area contributed by atoms with Crippen LogP contribution in [0.25, 0.3) is 0 Å². The molecule has 4 atom stereocenters. The number of halogens is 3. The molecule has 1 aromatic carbocycles. The number of nitrogens with two attached hydrogens (primary N) is 5. The number of benzene rings is 1. The van der Waals surface area contributed by atoms with Gasteiger partial charge in [0.05, 0.1) is 0 Å². The molecule has 0 spiro atoms. The highest BCUT2D eigenvalue weighted by atomic mass is 32.2. The molecule has 55 heavy (non-hydrogen) atoms. The molecule has 0 saturated heterocycles. The lowest BCUT2D eigenvalue weighted by atomic mass is 10.0. The molecule has 0 saturated carbocycles. The molecule has 5 amide bonds. The van der Waals surface area contributed by atoms with Gasteiger partial charge in [0.15, 0.2) is 11.9 Å². The number of nitrogens with zero attached hydrogens (tertiary/aromatic N) is 2. The van der Waals surface area contributed by atoms with Crippen molar-refractivity contribution in [1.29, 1.82) is 0 Å². The zero-order valence-electron chi connectivity index (χ0n) is 30.6. The van der Waals surface area contributed by atoms with E-state index in [4.69, 9.17) is 28.7 Å². The van der Waals surface area contributed by atoms with Gasteiger partial charge in [-0.2, -0.15) is 21.6 Å². The maximum absolute atomic E-state index is 13.8. The normalized spacial score (nSPS) is 13.5. The van der Waals surface area contributed by atoms with Gasteiger partial charge in [0.2, 0.25) is 17.7 Å². The van der Waals surface area contributed by atoms with Gasteiger partial charge in [-0.05, 0) is 70.0 Å². The Morgan fingerprint density at radius 2 is 1.07 bits per heavy atom. The van der Waals surface area contributed by atoms with Crippen LogP contribution < -0.4 is 54.7 Å². The number of alkyl halides is 3. The van der Waals surface area contributed by atoms with Crippen LogP contribution in [0.1, 0.15) is 81.5 Å². The van der Waals surface area contributed by atoms with Crippen molar-refractivity contribution in [2.24, 2.45) is 38.7 Å². The molecule has 0 fully saturated rings. The van der Waals surface area contributed by atoms with Crippen molar-refractivity contribution >= 4 is 51.5 Å². The fourth-order valence-electron chi connectivity index (χ4n) is 4.89. The topological polar surface area (TPSA) is 334 Å². The van der Waals surface area contributed by atoms with Crippen LogP contribution in [0.4, 0.5) is 13.2 Å². The first-order valence-electron chi connectivity index (χ1n) is 17.5. The number of hydrogen-bond acceptors (Lipinski definition) is 10. The van der Waals surface area contributed by atoms with Crippen molar-refractivity contribution in [2.45, 2.75) is 101 Å². The summed E-state index contributed by atoms with van der Waals surface area (Å²) in [4.78, 5) is 74.3. The lowest BCUT2D eigenvalue weighted by Crippen LogP contribution is -2.58. The second-order valence-corrected chi connectivity index (χ2v) is 14.0. The number of carbonyl (C=O) groups excluding carboxylic acids is 5. The second-order valence-electron chi connectivity index (χ2n) is 12.3. The van der Waals surface area contributed by atoms with Crippen molar-refractivity contribution in [1.82, 2.24) is 26.0 Å². The van der Waals surface area contributed by atoms with Crippen LogP contribution >= 0.6 is 0 Å². The largest absolute Gasteiger partial charge is 0.516 e. The van der Waals surface area contributed by atoms with E-state index in [-0.39, 0.29) is 63.7 Å². The minimum absolute atomic E-state index is 0.0227. The van der Waals surface area contributed by atoms with E-state index in [1.165, 1.54) is 0 Å². The highest BCUT2D eigenvalue weighted by Gasteiger charge is 2.48. The summed E-state index contributed by atoms with van der Waals surface area (Å²) >= 11 is 0. The summed E-state index contributed by atoms with van der Waals surface area (Å²) in [5, 5.41) is 10.0. The quantitative estimate of drug-likeness (QED) is 0.0311. The monoisotopic (exact) mass is 806 g/mol. The molecular formula is C32H53F3N12O7S. The summed E-state index contributed by atoms with van der Waals surface area (Å²) < 4.78 is 63.5. The van der Waals surface area contributed by atoms with Crippen molar-refractivity contribution in [3.05, 3.63) is 35.9 Å². The Bertz CT molecular complexity index is 1570. The van der Waals surface area contributed by atoms with Crippen LogP contribution in [0.15, 0.2) is 40.3 Å². The Morgan fingerprint density at radius 3 is 1.49 bits per heavy atom. The number of hydrogen-bond donors (Lipinski definition) is 10. The lowest BCUT2D eigenvalue weighted by Gasteiger charge is -2.26. The molecule has 1 rings (SSSR count). The van der Waals surface area contributed by atoms with Gasteiger partial charge in [0, 0.05) is 18.7 Å². The summed E-state index contributed by atoms with van der Waals surface area (Å²) in [5.74, 6) is -5.47. The Kier molecular flexibility index (Phi) is 21.1. The van der Waals surface area contributed by atoms with Crippen molar-refractivity contribution in [2.75, 3.05) is 19.6 Å². The van der Waals surface area contributed by atoms with Gasteiger partial charge in [-0.25, -0.2) is 4.72 Å². The summed E-state index contributed by atoms with van der Waals surface area (Å²) in [6.07, 6.45) is 1.71. The number of unbranched alkanes of at least 4 members (excludes halogenated alkanes) is 2. The third kappa shape index (κ3) is 18.6. The summed E-state index contributed by atoms with van der Waals surface area (Å²) in [5.41, 5.74) is 21.4. The van der Waals surface area contributed by atoms with E-state index in [2.05, 4.69) is 31.3 Å². The first kappa shape index (κ1) is 47.8. The molecule has 15 N–H and O–H groups in total. The average molecular weight is 807 g/mol. The van der Waals surface area contributed by atoms with E-state index < -0.39 is 75.7 Å². The van der Waals surface area contributed by atoms with Gasteiger partial charge in [0.25, 0.3) is 11.8 Å². The number of guanidine groups is 2. The first-order valence-corrected chi connectivity index (χ1v) is 19.0. The van der Waals surface area contributed by atoms with Crippen molar-refractivity contribution in [3.8, 4) is 0 Å². The molecule has 0 unspecified atom stereocenters. The maximum atomic E-state index is 13.8. The van der Waals surface area contributed by atoms with E-state index in [1.54, 1.807) is 30.3 Å². The SMILES string of the molecule is CCCC[C@H](NC(=O)c1ccccc1)C(=O)N[C@@H](CCCCN)C(=O)N[C@@H](CCCN=C(N)N)C(=O)N[C@@H](CCCN=C(N)N)C(=O)NS(=O)(=O)C(F)(F)F. The highest BCUT2D eigenvalue weighted by Crippen LogP contribution is 2.22. The second kappa shape index (κ2) is 24.3. The Balaban J connectivity index is 3.39. The van der Waals surface area contributed by atoms with Crippen LogP contribution in [-0.4, -0.2) is 99.2 Å². The van der Waals surface area contributed by atoms with Gasteiger partial charge in [-0.1, -0.05) is 38.0 Å². The predicted octanol–water partition coefficient (Wildman–Crippen LogP) is -1.37. The van der Waals surface area contributed by atoms with E-state index in [0.717, 1.165) is 4.72 Å². The minimum atomic E-state index is -6.16. The number of sulfonamides is 1. The molecule has 0 aliphatic carbocycles. The van der Waals surface area contributed by atoms with Crippen LogP contribution in [0.2, 0.25) is 0 Å². The summed E-state index contributed by atoms with van der Waals surface area (Å²) in [6, 6.07) is 2.49. The van der Waals surface area contributed by atoms with Gasteiger partial charge in [-0.3, -0.25) is 34.0 Å². The van der Waals surface area contributed by atoms with E-state index >= 15 is 0 Å². The van der Waals surface area contributed by atoms with E-state index in [1.807, 2.05) is 6.92 Å². The zero-order chi connectivity index (χ0) is 41.6. The molecule has 0 aliphatic rings. The van der Waals surface area contributed by atoms with E-state index in [0.29, 0.717) is 31.2 Å². The third-order valence-corrected chi connectivity index (χ3v) is 8.86. The molecule has 310 valence electrons. The molecule has 23 heteroatoms. The summed E-state index contributed by atoms with van der Waals surface area (Å²) in [7, 11) is -6.16. The zero-order valence-corrected chi connectivity index (χ0v) is 31.4. The molecule has 19 nitrogen and oxygen atoms in total. The number of aliphatic imine (C=N–C) groups is 2. The molecule has 1 aromatic rings. The molecule has 0 aromatic heterocycles. The molecule has 0 radical (unpaired) electrons. The Morgan fingerprint density at radius 1 is 0.655 bits per heavy atom. The van der Waals surface area contributed by atoms with Gasteiger partial charge < -0.3 is 49.9 Å². The molecule has 0 heterocycles. The molecular weight excluding hydrogens is 753 g/mol. The van der Waals surface area contributed by atoms with E-state index in [9.17, 15) is 45.6 Å². The maximum Gasteiger partial charge on any atom is 0.516 e. The number of amides is 5. The third-order valence-electron chi connectivity index (χ3n) is 7.78. The average Bonchev–Trinajstić information content (AvgIpc) is 3.11. The van der Waals surface area contributed by atoms with Crippen LogP contribution in [0.5, 0.6) is 0 Å². The Hall–Kier alpha value is -5.19. The van der Waals surface area contributed by atoms with Crippen molar-refractivity contribution < 1.29 is 45.6 Å². The molecule has 0 bridgehead atoms. The van der Waals surface area contributed by atoms with Gasteiger partial charge in [0.1, 0.15) is 24.2 Å². The molecule has 0 aliphatic heterocycles. The fraction of sp³-hybridized carbons (Fsp3) is 0.594. The van der Waals surface area contributed by atoms with Crippen LogP contribution in [-0.2, 0) is 29.2 Å². The fourth-order valence-corrected chi connectivity index (χ4v) is 5.42. The number of nitrogens with one attached hydrogen (secondary N) is 5. The van der Waals surface area contributed by atoms with Crippen LogP contribution in [0, 0.1) is 0 Å². The van der Waals surface area contributed by atoms with Gasteiger partial charge in [-0.15, -0.1) is 0 Å². The van der Waals surface area contributed by atoms with Gasteiger partial charge >= 0.3 is 15.5 Å². The Labute approximate surface area is 317 Å². The summed E-state index contributed by atoms with van der Waals surface area (Å²) in [6.45, 7) is 2.00. The van der Waals surface area contributed by atoms with Crippen molar-refractivity contribution in [3.63, 3.8) is 0 Å². The number of carbonyl (C=O) groups is 5. The smallest absolute Gasteiger partial charge is 0.370 e. The predicted molar refractivity (Wildman–Crippen MR) is 199 cm³/mol.